The zero-order chi connectivity index (χ0) is 14.9. The number of halogens is 4. The van der Waals surface area contributed by atoms with Crippen molar-refractivity contribution in [3.63, 3.8) is 0 Å². The Kier molecular flexibility index (Phi) is 3.60. The second-order valence-corrected chi connectivity index (χ2v) is 4.44. The number of phenolic OH excluding ortho intramolecular Hbond substituents is 1. The van der Waals surface area contributed by atoms with Gasteiger partial charge in [0.05, 0.1) is 16.1 Å². The first-order chi connectivity index (χ1) is 9.32. The molecule has 2 aromatic carbocycles. The van der Waals surface area contributed by atoms with Gasteiger partial charge in [0.2, 0.25) is 0 Å². The van der Waals surface area contributed by atoms with Gasteiger partial charge in [-0.3, -0.25) is 0 Å². The molecule has 0 saturated heterocycles. The maximum Gasteiger partial charge on any atom is 0.417 e. The van der Waals surface area contributed by atoms with Crippen LogP contribution < -0.4 is 0 Å². The average Bonchev–Trinajstić information content (AvgIpc) is 2.37. The second-order valence-electron chi connectivity index (χ2n) is 4.04. The lowest BCUT2D eigenvalue weighted by Gasteiger charge is -2.10. The van der Waals surface area contributed by atoms with Crippen molar-refractivity contribution in [3.05, 3.63) is 52.5 Å². The second kappa shape index (κ2) is 5.06. The third-order valence-electron chi connectivity index (χ3n) is 2.73. The molecule has 0 aliphatic rings. The summed E-state index contributed by atoms with van der Waals surface area (Å²) in [6.45, 7) is 0. The quantitative estimate of drug-likeness (QED) is 0.836. The van der Waals surface area contributed by atoms with E-state index in [-0.39, 0.29) is 11.3 Å². The highest BCUT2D eigenvalue weighted by molar-refractivity contribution is 6.31. The minimum atomic E-state index is -4.51. The third-order valence-corrected chi connectivity index (χ3v) is 3.04. The molecule has 102 valence electrons. The Balaban J connectivity index is 2.48. The lowest BCUT2D eigenvalue weighted by molar-refractivity contribution is -0.137. The van der Waals surface area contributed by atoms with E-state index in [0.717, 1.165) is 6.07 Å². The van der Waals surface area contributed by atoms with Crippen LogP contribution in [0.4, 0.5) is 13.2 Å². The first-order valence-electron chi connectivity index (χ1n) is 5.43. The summed E-state index contributed by atoms with van der Waals surface area (Å²) in [6.07, 6.45) is -4.51. The molecule has 1 N–H and O–H groups in total. The maximum absolute atomic E-state index is 12.6. The van der Waals surface area contributed by atoms with Crippen LogP contribution in [0.2, 0.25) is 5.02 Å². The van der Waals surface area contributed by atoms with Crippen molar-refractivity contribution in [1.82, 2.24) is 0 Å². The lowest BCUT2D eigenvalue weighted by Crippen LogP contribution is -2.05. The first kappa shape index (κ1) is 14.2. The normalized spacial score (nSPS) is 11.2. The number of nitriles is 1. The molecule has 0 aromatic heterocycles. The summed E-state index contributed by atoms with van der Waals surface area (Å²) in [5, 5.41) is 17.8. The Hall–Kier alpha value is -2.19. The highest BCUT2D eigenvalue weighted by Crippen LogP contribution is 2.37. The van der Waals surface area contributed by atoms with Gasteiger partial charge in [-0.15, -0.1) is 0 Å². The van der Waals surface area contributed by atoms with Crippen LogP contribution in [0.3, 0.4) is 0 Å². The van der Waals surface area contributed by atoms with E-state index in [1.54, 1.807) is 6.07 Å². The minimum absolute atomic E-state index is 0.0896. The van der Waals surface area contributed by atoms with Crippen molar-refractivity contribution in [1.29, 1.82) is 5.26 Å². The molecule has 0 amide bonds. The fraction of sp³-hybridized carbons (Fsp3) is 0.0714. The maximum atomic E-state index is 12.6. The zero-order valence-electron chi connectivity index (χ0n) is 9.87. The van der Waals surface area contributed by atoms with Gasteiger partial charge in [-0.25, -0.2) is 0 Å². The van der Waals surface area contributed by atoms with Gasteiger partial charge in [0.25, 0.3) is 0 Å². The van der Waals surface area contributed by atoms with Crippen LogP contribution in [0, 0.1) is 11.3 Å². The standard InChI is InChI=1S/C14H7ClF3NO/c15-12-5-8(3-4-11(12)14(16,17)18)9-1-2-10(7-19)13(20)6-9/h1-6,20H. The van der Waals surface area contributed by atoms with Gasteiger partial charge in [-0.2, -0.15) is 18.4 Å². The van der Waals surface area contributed by atoms with Crippen LogP contribution >= 0.6 is 11.6 Å². The minimum Gasteiger partial charge on any atom is -0.507 e. The van der Waals surface area contributed by atoms with Crippen LogP contribution in [-0.4, -0.2) is 5.11 Å². The van der Waals surface area contributed by atoms with Gasteiger partial charge in [0.15, 0.2) is 0 Å². The molecule has 0 atom stereocenters. The van der Waals surface area contributed by atoms with E-state index in [1.165, 1.54) is 30.3 Å². The number of hydrogen-bond acceptors (Lipinski definition) is 2. The average molecular weight is 298 g/mol. The van der Waals surface area contributed by atoms with Crippen LogP contribution in [0.5, 0.6) is 5.75 Å². The summed E-state index contributed by atoms with van der Waals surface area (Å²) < 4.78 is 37.8. The predicted molar refractivity (Wildman–Crippen MR) is 68.3 cm³/mol. The number of benzene rings is 2. The molecule has 0 radical (unpaired) electrons. The summed E-state index contributed by atoms with van der Waals surface area (Å²) in [6, 6.07) is 9.32. The molecule has 0 fully saturated rings. The third kappa shape index (κ3) is 2.70. The molecule has 0 bridgehead atoms. The van der Waals surface area contributed by atoms with E-state index in [1.807, 2.05) is 0 Å². The molecular weight excluding hydrogens is 291 g/mol. The number of phenols is 1. The molecular formula is C14H7ClF3NO. The number of nitrogens with zero attached hydrogens (tertiary/aromatic N) is 1. The molecule has 0 aliphatic heterocycles. The smallest absolute Gasteiger partial charge is 0.417 e. The first-order valence-corrected chi connectivity index (χ1v) is 5.81. The molecule has 0 spiro atoms. The number of rotatable bonds is 1. The monoisotopic (exact) mass is 297 g/mol. The molecule has 0 saturated carbocycles. The Morgan fingerprint density at radius 1 is 1.05 bits per heavy atom. The van der Waals surface area contributed by atoms with Crippen molar-refractivity contribution >= 4 is 11.6 Å². The Morgan fingerprint density at radius 2 is 1.65 bits per heavy atom. The van der Waals surface area contributed by atoms with Crippen LogP contribution in [0.15, 0.2) is 36.4 Å². The highest BCUT2D eigenvalue weighted by Gasteiger charge is 2.33. The molecule has 0 unspecified atom stereocenters. The lowest BCUT2D eigenvalue weighted by atomic mass is 10.0. The van der Waals surface area contributed by atoms with E-state index >= 15 is 0 Å². The Morgan fingerprint density at radius 3 is 2.15 bits per heavy atom. The predicted octanol–water partition coefficient (Wildman–Crippen LogP) is 4.60. The molecule has 20 heavy (non-hydrogen) atoms. The Labute approximate surface area is 117 Å². The molecule has 2 rings (SSSR count). The van der Waals surface area contributed by atoms with E-state index in [0.29, 0.717) is 11.1 Å². The summed E-state index contributed by atoms with van der Waals surface area (Å²) in [4.78, 5) is 0. The largest absolute Gasteiger partial charge is 0.507 e. The van der Waals surface area contributed by atoms with Gasteiger partial charge < -0.3 is 5.11 Å². The summed E-state index contributed by atoms with van der Waals surface area (Å²) >= 11 is 5.63. The molecule has 0 aliphatic carbocycles. The number of aromatic hydroxyl groups is 1. The van der Waals surface area contributed by atoms with Crippen molar-refractivity contribution in [2.45, 2.75) is 6.18 Å². The van der Waals surface area contributed by atoms with Gasteiger partial charge >= 0.3 is 6.18 Å². The summed E-state index contributed by atoms with van der Waals surface area (Å²) in [5.41, 5.74) is 0.0625. The van der Waals surface area contributed by atoms with Crippen LogP contribution in [0.1, 0.15) is 11.1 Å². The number of alkyl halides is 3. The van der Waals surface area contributed by atoms with Crippen molar-refractivity contribution in [2.24, 2.45) is 0 Å². The van der Waals surface area contributed by atoms with Gasteiger partial charge in [0.1, 0.15) is 11.8 Å². The van der Waals surface area contributed by atoms with E-state index in [9.17, 15) is 18.3 Å². The summed E-state index contributed by atoms with van der Waals surface area (Å²) in [7, 11) is 0. The Bertz CT molecular complexity index is 705. The van der Waals surface area contributed by atoms with Gasteiger partial charge in [0, 0.05) is 0 Å². The van der Waals surface area contributed by atoms with Crippen molar-refractivity contribution in [3.8, 4) is 22.9 Å². The fourth-order valence-electron chi connectivity index (χ4n) is 1.73. The molecule has 6 heteroatoms. The van der Waals surface area contributed by atoms with E-state index in [4.69, 9.17) is 16.9 Å². The topological polar surface area (TPSA) is 44.0 Å². The van der Waals surface area contributed by atoms with Gasteiger partial charge in [-0.05, 0) is 35.4 Å². The molecule has 2 aromatic rings. The van der Waals surface area contributed by atoms with Crippen molar-refractivity contribution in [2.75, 3.05) is 0 Å². The van der Waals surface area contributed by atoms with E-state index < -0.39 is 16.8 Å². The van der Waals surface area contributed by atoms with Gasteiger partial charge in [-0.1, -0.05) is 23.7 Å². The molecule has 2 nitrogen and oxygen atoms in total. The zero-order valence-corrected chi connectivity index (χ0v) is 10.6. The SMILES string of the molecule is N#Cc1ccc(-c2ccc(C(F)(F)F)c(Cl)c2)cc1O. The van der Waals surface area contributed by atoms with E-state index in [2.05, 4.69) is 0 Å². The molecule has 0 heterocycles. The number of hydrogen-bond donors (Lipinski definition) is 1. The van der Waals surface area contributed by atoms with Crippen LogP contribution in [-0.2, 0) is 6.18 Å². The van der Waals surface area contributed by atoms with Crippen molar-refractivity contribution < 1.29 is 18.3 Å². The fourth-order valence-corrected chi connectivity index (χ4v) is 2.02. The van der Waals surface area contributed by atoms with Crippen LogP contribution in [0.25, 0.3) is 11.1 Å². The highest BCUT2D eigenvalue weighted by atomic mass is 35.5. The summed E-state index contributed by atoms with van der Waals surface area (Å²) in [5.74, 6) is -0.235.